The molecule has 18 heavy (non-hydrogen) atoms. The zero-order valence-corrected chi connectivity index (χ0v) is 11.3. The average molecular weight is 257 g/mol. The van der Waals surface area contributed by atoms with Crippen LogP contribution < -0.4 is 0 Å². The Balaban J connectivity index is 1.88. The van der Waals surface area contributed by atoms with Gasteiger partial charge in [-0.1, -0.05) is 6.42 Å². The molecule has 5 heteroatoms. The summed E-state index contributed by atoms with van der Waals surface area (Å²) in [6.45, 7) is 6.31. The van der Waals surface area contributed by atoms with E-state index in [-0.39, 0.29) is 24.4 Å². The van der Waals surface area contributed by atoms with Gasteiger partial charge in [0, 0.05) is 0 Å². The second kappa shape index (κ2) is 6.50. The first kappa shape index (κ1) is 13.8. The van der Waals surface area contributed by atoms with E-state index in [0.717, 1.165) is 19.4 Å². The lowest BCUT2D eigenvalue weighted by atomic mass is 10.0. The highest BCUT2D eigenvalue weighted by molar-refractivity contribution is 5.71. The van der Waals surface area contributed by atoms with Crippen LogP contribution in [0.25, 0.3) is 0 Å². The lowest BCUT2D eigenvalue weighted by Crippen LogP contribution is -2.49. The van der Waals surface area contributed by atoms with Crippen molar-refractivity contribution in [2.24, 2.45) is 0 Å². The van der Waals surface area contributed by atoms with Crippen molar-refractivity contribution in [2.75, 3.05) is 26.3 Å². The van der Waals surface area contributed by atoms with Crippen molar-refractivity contribution in [1.82, 2.24) is 4.90 Å². The molecule has 2 saturated heterocycles. The zero-order valence-electron chi connectivity index (χ0n) is 11.3. The lowest BCUT2D eigenvalue weighted by Gasteiger charge is -2.37. The predicted molar refractivity (Wildman–Crippen MR) is 66.1 cm³/mol. The number of esters is 1. The maximum atomic E-state index is 11.7. The molecule has 2 fully saturated rings. The summed E-state index contributed by atoms with van der Waals surface area (Å²) in [5.41, 5.74) is 0. The molecule has 0 radical (unpaired) electrons. The molecule has 0 saturated carbocycles. The third-order valence-electron chi connectivity index (χ3n) is 3.33. The summed E-state index contributed by atoms with van der Waals surface area (Å²) < 4.78 is 16.3. The van der Waals surface area contributed by atoms with Gasteiger partial charge in [0.1, 0.15) is 0 Å². The molecule has 0 N–H and O–H groups in total. The van der Waals surface area contributed by atoms with Crippen LogP contribution in [0.4, 0.5) is 0 Å². The van der Waals surface area contributed by atoms with E-state index < -0.39 is 0 Å². The van der Waals surface area contributed by atoms with Gasteiger partial charge in [-0.05, 0) is 33.2 Å². The largest absolute Gasteiger partial charge is 0.462 e. The van der Waals surface area contributed by atoms with E-state index in [1.54, 1.807) is 0 Å². The molecule has 0 amide bonds. The first-order valence-corrected chi connectivity index (χ1v) is 6.83. The SMILES string of the molecule is CC(C)OC(=O)CN1CCCCC1C1OCCO1. The molecule has 0 aliphatic carbocycles. The van der Waals surface area contributed by atoms with E-state index in [2.05, 4.69) is 4.90 Å². The molecule has 0 bridgehead atoms. The number of hydrogen-bond acceptors (Lipinski definition) is 5. The predicted octanol–water partition coefficient (Wildman–Crippen LogP) is 1.17. The van der Waals surface area contributed by atoms with Crippen LogP contribution in [0.3, 0.4) is 0 Å². The van der Waals surface area contributed by atoms with Crippen LogP contribution in [0.15, 0.2) is 0 Å². The van der Waals surface area contributed by atoms with E-state index in [1.807, 2.05) is 13.8 Å². The van der Waals surface area contributed by atoms with Crippen molar-refractivity contribution >= 4 is 5.97 Å². The van der Waals surface area contributed by atoms with Crippen molar-refractivity contribution in [3.8, 4) is 0 Å². The molecule has 0 spiro atoms. The highest BCUT2D eigenvalue weighted by Gasteiger charge is 2.34. The molecular weight excluding hydrogens is 234 g/mol. The molecule has 0 aromatic carbocycles. The lowest BCUT2D eigenvalue weighted by molar-refractivity contribution is -0.154. The van der Waals surface area contributed by atoms with Crippen LogP contribution in [0.1, 0.15) is 33.1 Å². The summed E-state index contributed by atoms with van der Waals surface area (Å²) in [5, 5.41) is 0. The molecule has 5 nitrogen and oxygen atoms in total. The van der Waals surface area contributed by atoms with E-state index in [4.69, 9.17) is 14.2 Å². The van der Waals surface area contributed by atoms with Crippen LogP contribution in [0.2, 0.25) is 0 Å². The van der Waals surface area contributed by atoms with Gasteiger partial charge >= 0.3 is 5.97 Å². The zero-order chi connectivity index (χ0) is 13.0. The highest BCUT2D eigenvalue weighted by Crippen LogP contribution is 2.24. The molecule has 2 aliphatic rings. The minimum atomic E-state index is -0.169. The highest BCUT2D eigenvalue weighted by atomic mass is 16.7. The molecule has 0 aromatic heterocycles. The number of likely N-dealkylation sites (tertiary alicyclic amines) is 1. The Bertz CT molecular complexity index is 276. The van der Waals surface area contributed by atoms with Crippen molar-refractivity contribution in [1.29, 1.82) is 0 Å². The van der Waals surface area contributed by atoms with Crippen molar-refractivity contribution < 1.29 is 19.0 Å². The van der Waals surface area contributed by atoms with Crippen LogP contribution >= 0.6 is 0 Å². The fourth-order valence-corrected chi connectivity index (χ4v) is 2.59. The number of nitrogens with zero attached hydrogens (tertiary/aromatic N) is 1. The first-order valence-electron chi connectivity index (χ1n) is 6.83. The number of piperidine rings is 1. The Labute approximate surface area is 108 Å². The number of hydrogen-bond donors (Lipinski definition) is 0. The molecule has 104 valence electrons. The van der Waals surface area contributed by atoms with Gasteiger partial charge in [0.15, 0.2) is 6.29 Å². The molecule has 1 atom stereocenters. The maximum Gasteiger partial charge on any atom is 0.320 e. The summed E-state index contributed by atoms with van der Waals surface area (Å²) in [6.07, 6.45) is 3.10. The molecule has 2 aliphatic heterocycles. The molecule has 2 rings (SSSR count). The van der Waals surface area contributed by atoms with E-state index in [0.29, 0.717) is 19.8 Å². The van der Waals surface area contributed by atoms with Gasteiger partial charge in [-0.25, -0.2) is 0 Å². The summed E-state index contributed by atoms with van der Waals surface area (Å²) in [6, 6.07) is 0.195. The Hall–Kier alpha value is -0.650. The summed E-state index contributed by atoms with van der Waals surface area (Å²) in [4.78, 5) is 13.9. The molecule has 2 heterocycles. The monoisotopic (exact) mass is 257 g/mol. The van der Waals surface area contributed by atoms with Crippen molar-refractivity contribution in [2.45, 2.75) is 51.5 Å². The van der Waals surface area contributed by atoms with E-state index >= 15 is 0 Å². The fraction of sp³-hybridized carbons (Fsp3) is 0.923. The number of carbonyl (C=O) groups is 1. The van der Waals surface area contributed by atoms with E-state index in [9.17, 15) is 4.79 Å². The number of rotatable bonds is 4. The Morgan fingerprint density at radius 1 is 1.33 bits per heavy atom. The quantitative estimate of drug-likeness (QED) is 0.707. The van der Waals surface area contributed by atoms with Crippen LogP contribution in [0, 0.1) is 0 Å². The second-order valence-electron chi connectivity index (χ2n) is 5.18. The van der Waals surface area contributed by atoms with Gasteiger partial charge in [-0.3, -0.25) is 9.69 Å². The average Bonchev–Trinajstić information content (AvgIpc) is 2.81. The molecule has 1 unspecified atom stereocenters. The second-order valence-corrected chi connectivity index (χ2v) is 5.18. The van der Waals surface area contributed by atoms with Crippen LogP contribution in [-0.4, -0.2) is 55.6 Å². The Morgan fingerprint density at radius 3 is 2.72 bits per heavy atom. The van der Waals surface area contributed by atoms with Crippen molar-refractivity contribution in [3.63, 3.8) is 0 Å². The van der Waals surface area contributed by atoms with Gasteiger partial charge in [0.05, 0.1) is 31.9 Å². The summed E-state index contributed by atoms with van der Waals surface area (Å²) in [5.74, 6) is -0.158. The van der Waals surface area contributed by atoms with Gasteiger partial charge in [0.2, 0.25) is 0 Å². The van der Waals surface area contributed by atoms with Crippen LogP contribution in [0.5, 0.6) is 0 Å². The molecule has 0 aromatic rings. The summed E-state index contributed by atoms with van der Waals surface area (Å²) >= 11 is 0. The number of ether oxygens (including phenoxy) is 3. The van der Waals surface area contributed by atoms with Gasteiger partial charge in [0.25, 0.3) is 0 Å². The van der Waals surface area contributed by atoms with E-state index in [1.165, 1.54) is 6.42 Å². The minimum Gasteiger partial charge on any atom is -0.462 e. The van der Waals surface area contributed by atoms with Gasteiger partial charge in [-0.2, -0.15) is 0 Å². The third kappa shape index (κ3) is 3.67. The Kier molecular flexibility index (Phi) is 4.97. The fourth-order valence-electron chi connectivity index (χ4n) is 2.59. The van der Waals surface area contributed by atoms with Gasteiger partial charge in [-0.15, -0.1) is 0 Å². The number of carbonyl (C=O) groups excluding carboxylic acids is 1. The van der Waals surface area contributed by atoms with Crippen molar-refractivity contribution in [3.05, 3.63) is 0 Å². The maximum absolute atomic E-state index is 11.7. The van der Waals surface area contributed by atoms with Crippen LogP contribution in [-0.2, 0) is 19.0 Å². The van der Waals surface area contributed by atoms with Gasteiger partial charge < -0.3 is 14.2 Å². The third-order valence-corrected chi connectivity index (χ3v) is 3.33. The topological polar surface area (TPSA) is 48.0 Å². The summed E-state index contributed by atoms with van der Waals surface area (Å²) in [7, 11) is 0. The Morgan fingerprint density at radius 2 is 2.06 bits per heavy atom. The minimum absolute atomic E-state index is 0.0558. The normalized spacial score (nSPS) is 26.7. The molecular formula is C13H23NO4. The first-order chi connectivity index (χ1) is 8.66. The standard InChI is InChI=1S/C13H23NO4/c1-10(2)18-12(15)9-14-6-4-3-5-11(14)13-16-7-8-17-13/h10-11,13H,3-9H2,1-2H3. The smallest absolute Gasteiger partial charge is 0.320 e.